The Morgan fingerprint density at radius 2 is 2.07 bits per heavy atom. The number of fused-ring (bicyclic) bond motifs is 1. The fourth-order valence-corrected chi connectivity index (χ4v) is 3.04. The molecule has 0 saturated heterocycles. The van der Waals surface area contributed by atoms with Gasteiger partial charge in [-0.25, -0.2) is 4.98 Å². The molecule has 2 aromatic heterocycles. The van der Waals surface area contributed by atoms with Crippen molar-refractivity contribution in [1.82, 2.24) is 4.98 Å². The van der Waals surface area contributed by atoms with E-state index in [4.69, 9.17) is 16.0 Å². The number of oxazole rings is 1. The van der Waals surface area contributed by atoms with Gasteiger partial charge in [0.15, 0.2) is 0 Å². The Morgan fingerprint density at radius 3 is 2.83 bits per heavy atom. The number of nitrogens with one attached hydrogen (secondary N) is 2. The van der Waals surface area contributed by atoms with Crippen LogP contribution in [0.4, 0.5) is 11.4 Å². The van der Waals surface area contributed by atoms with Gasteiger partial charge < -0.3 is 9.73 Å². The lowest BCUT2D eigenvalue weighted by molar-refractivity contribution is -0.385. The minimum absolute atomic E-state index is 0.114. The van der Waals surface area contributed by atoms with E-state index in [1.807, 2.05) is 0 Å². The van der Waals surface area contributed by atoms with Gasteiger partial charge in [-0.05, 0) is 43.3 Å². The number of hydrogen-bond acceptors (Lipinski definition) is 5. The summed E-state index contributed by atoms with van der Waals surface area (Å²) in [5, 5.41) is 14.2. The summed E-state index contributed by atoms with van der Waals surface area (Å²) in [6.45, 7) is 1.61. The summed E-state index contributed by atoms with van der Waals surface area (Å²) in [6, 6.07) is 12.7. The Hall–Kier alpha value is -3.78. The van der Waals surface area contributed by atoms with E-state index in [2.05, 4.69) is 15.3 Å². The van der Waals surface area contributed by atoms with Crippen LogP contribution >= 0.6 is 11.6 Å². The van der Waals surface area contributed by atoms with Crippen LogP contribution in [0.1, 0.15) is 15.9 Å². The summed E-state index contributed by atoms with van der Waals surface area (Å²) in [7, 11) is 0. The van der Waals surface area contributed by atoms with Crippen LogP contribution in [0, 0.1) is 17.0 Å². The van der Waals surface area contributed by atoms with Gasteiger partial charge in [-0.2, -0.15) is 0 Å². The van der Waals surface area contributed by atoms with Crippen LogP contribution in [0.25, 0.3) is 22.7 Å². The van der Waals surface area contributed by atoms with Gasteiger partial charge >= 0.3 is 11.5 Å². The second-order valence-electron chi connectivity index (χ2n) is 6.31. The molecule has 29 heavy (non-hydrogen) atoms. The molecule has 0 aliphatic rings. The largest absolute Gasteiger partial charge is 0.411 e. The van der Waals surface area contributed by atoms with Crippen LogP contribution < -0.4 is 10.3 Å². The number of hydrogen-bond donors (Lipinski definition) is 1. The molecular weight excluding hydrogens is 396 g/mol. The maximum atomic E-state index is 12.6. The van der Waals surface area contributed by atoms with Crippen molar-refractivity contribution in [3.8, 4) is 11.5 Å². The smallest absolute Gasteiger partial charge is 0.368 e. The molecule has 0 saturated carbocycles. The molecule has 8 nitrogen and oxygen atoms in total. The predicted octanol–water partition coefficient (Wildman–Crippen LogP) is 4.43. The third-order valence-electron chi connectivity index (χ3n) is 4.34. The minimum Gasteiger partial charge on any atom is -0.411 e. The van der Waals surface area contributed by atoms with Crippen molar-refractivity contribution in [2.24, 2.45) is 0 Å². The first-order valence-corrected chi connectivity index (χ1v) is 8.94. The zero-order valence-corrected chi connectivity index (χ0v) is 15.9. The van der Waals surface area contributed by atoms with E-state index >= 15 is 0 Å². The summed E-state index contributed by atoms with van der Waals surface area (Å²) < 4.78 is 5.72. The highest BCUT2D eigenvalue weighted by Gasteiger charge is 2.20. The quantitative estimate of drug-likeness (QED) is 0.395. The number of amides is 1. The molecule has 144 valence electrons. The summed E-state index contributed by atoms with van der Waals surface area (Å²) in [5.74, 6) is -0.179. The van der Waals surface area contributed by atoms with Crippen molar-refractivity contribution >= 4 is 40.1 Å². The molecule has 0 radical (unpaired) electrons. The molecule has 0 bridgehead atoms. The van der Waals surface area contributed by atoms with Gasteiger partial charge in [0.05, 0.1) is 21.7 Å². The average Bonchev–Trinajstić information content (AvgIpc) is 3.13. The lowest BCUT2D eigenvalue weighted by Crippen LogP contribution is -2.12. The fourth-order valence-electron chi connectivity index (χ4n) is 2.84. The Balaban J connectivity index is 1.65. The van der Waals surface area contributed by atoms with Crippen molar-refractivity contribution in [3.63, 3.8) is 0 Å². The van der Waals surface area contributed by atoms with Gasteiger partial charge in [0, 0.05) is 27.9 Å². The molecule has 0 aliphatic heterocycles. The summed E-state index contributed by atoms with van der Waals surface area (Å²) in [4.78, 5) is 30.5. The number of nitrogens with zero attached hydrogens (tertiary/aromatic N) is 2. The Labute approximate surface area is 169 Å². The van der Waals surface area contributed by atoms with Crippen LogP contribution in [0.5, 0.6) is 0 Å². The third kappa shape index (κ3) is 3.65. The summed E-state index contributed by atoms with van der Waals surface area (Å²) in [6.07, 6.45) is 1.73. The van der Waals surface area contributed by atoms with Gasteiger partial charge in [-0.1, -0.05) is 17.7 Å². The topological polar surface area (TPSA) is 112 Å². The molecule has 0 atom stereocenters. The van der Waals surface area contributed by atoms with Gasteiger partial charge in [-0.3, -0.25) is 14.9 Å². The van der Waals surface area contributed by atoms with E-state index in [1.165, 1.54) is 18.2 Å². The van der Waals surface area contributed by atoms with E-state index < -0.39 is 10.8 Å². The van der Waals surface area contributed by atoms with Gasteiger partial charge in [0.25, 0.3) is 11.6 Å². The first kappa shape index (κ1) is 18.6. The number of carbonyl (C=O) groups is 1. The van der Waals surface area contributed by atoms with Crippen LogP contribution in [0.15, 0.2) is 59.1 Å². The average molecular weight is 410 g/mol. The van der Waals surface area contributed by atoms with Gasteiger partial charge in [0.1, 0.15) is 0 Å². The van der Waals surface area contributed by atoms with Crippen molar-refractivity contribution in [2.75, 3.05) is 5.32 Å². The Kier molecular flexibility index (Phi) is 4.69. The molecule has 0 aliphatic carbocycles. The van der Waals surface area contributed by atoms with Crippen LogP contribution in [-0.4, -0.2) is 15.8 Å². The fraction of sp³-hybridized carbons (Fsp3) is 0.0500. The normalized spacial score (nSPS) is 10.8. The molecule has 2 heterocycles. The molecule has 4 rings (SSSR count). The second kappa shape index (κ2) is 7.33. The molecular formula is C20H14ClN4O4+. The van der Waals surface area contributed by atoms with E-state index in [0.717, 1.165) is 0 Å². The predicted molar refractivity (Wildman–Crippen MR) is 107 cm³/mol. The maximum absolute atomic E-state index is 12.6. The molecule has 2 aromatic carbocycles. The first-order valence-electron chi connectivity index (χ1n) is 8.56. The standard InChI is InChI=1S/C20H13ClN4O4/c1-11-4-5-12(9-16(11)25(27)28)19(26)23-13-6-7-15(21)14(10-13)20-24-18-17(29-20)3-2-8-22-18/h2-10H,1H3,(H,23,26)/p+1. The van der Waals surface area contributed by atoms with Crippen molar-refractivity contribution in [2.45, 2.75) is 6.92 Å². The van der Waals surface area contributed by atoms with Crippen LogP contribution in [0.2, 0.25) is 5.02 Å². The first-order chi connectivity index (χ1) is 13.9. The lowest BCUT2D eigenvalue weighted by atomic mass is 10.1. The summed E-state index contributed by atoms with van der Waals surface area (Å²) in [5.41, 5.74) is 2.63. The number of pyridine rings is 1. The van der Waals surface area contributed by atoms with E-state index in [1.54, 1.807) is 43.5 Å². The number of benzene rings is 2. The number of halogens is 1. The molecule has 0 unspecified atom stereocenters. The molecule has 2 N–H and O–H groups in total. The monoisotopic (exact) mass is 409 g/mol. The number of aryl methyl sites for hydroxylation is 1. The zero-order valence-electron chi connectivity index (χ0n) is 15.1. The van der Waals surface area contributed by atoms with Gasteiger partial charge in [0.2, 0.25) is 5.58 Å². The molecule has 1 amide bonds. The second-order valence-corrected chi connectivity index (χ2v) is 6.72. The van der Waals surface area contributed by atoms with E-state index in [-0.39, 0.29) is 11.3 Å². The SMILES string of the molecule is Cc1ccc(C(=O)Nc2ccc(Cl)c(-c3nc4[nH+]cccc4o3)c2)cc1[N+](=O)[O-]. The Bertz CT molecular complexity index is 1240. The lowest BCUT2D eigenvalue weighted by Gasteiger charge is -2.07. The summed E-state index contributed by atoms with van der Waals surface area (Å²) >= 11 is 6.29. The number of anilines is 1. The molecule has 0 fully saturated rings. The van der Waals surface area contributed by atoms with Crippen LogP contribution in [0.3, 0.4) is 0 Å². The zero-order chi connectivity index (χ0) is 20.5. The number of carbonyl (C=O) groups excluding carboxylic acids is 1. The minimum atomic E-state index is -0.517. The van der Waals surface area contributed by atoms with Crippen molar-refractivity contribution in [3.05, 3.63) is 81.0 Å². The third-order valence-corrected chi connectivity index (χ3v) is 4.67. The van der Waals surface area contributed by atoms with E-state index in [0.29, 0.717) is 39.0 Å². The number of rotatable bonds is 4. The number of nitro benzene ring substituents is 1. The highest BCUT2D eigenvalue weighted by atomic mass is 35.5. The number of aromatic nitrogens is 2. The maximum Gasteiger partial charge on any atom is 0.368 e. The van der Waals surface area contributed by atoms with Crippen molar-refractivity contribution < 1.29 is 19.1 Å². The number of H-pyrrole nitrogens is 1. The highest BCUT2D eigenvalue weighted by Crippen LogP contribution is 2.31. The highest BCUT2D eigenvalue weighted by molar-refractivity contribution is 6.33. The van der Waals surface area contributed by atoms with Crippen molar-refractivity contribution in [1.29, 1.82) is 0 Å². The van der Waals surface area contributed by atoms with E-state index in [9.17, 15) is 14.9 Å². The number of nitro groups is 1. The number of aromatic amines is 1. The van der Waals surface area contributed by atoms with Gasteiger partial charge in [-0.15, -0.1) is 0 Å². The molecule has 4 aromatic rings. The Morgan fingerprint density at radius 1 is 1.24 bits per heavy atom. The van der Waals surface area contributed by atoms with Crippen LogP contribution in [-0.2, 0) is 0 Å². The molecule has 0 spiro atoms. The molecule has 9 heteroatoms.